The number of hydrogen-bond donors (Lipinski definition) is 0. The van der Waals surface area contributed by atoms with E-state index in [0.29, 0.717) is 0 Å². The normalized spacial score (nSPS) is 23.9. The van der Waals surface area contributed by atoms with Gasteiger partial charge in [-0.3, -0.25) is 0 Å². The Labute approximate surface area is 200 Å². The first-order valence-electron chi connectivity index (χ1n) is 12.2. The van der Waals surface area contributed by atoms with Crippen LogP contribution in [0, 0.1) is 11.8 Å². The Morgan fingerprint density at radius 2 is 0.667 bits per heavy atom. The van der Waals surface area contributed by atoms with E-state index in [1.807, 2.05) is 0 Å². The highest BCUT2D eigenvalue weighted by Crippen LogP contribution is 2.66. The van der Waals surface area contributed by atoms with Crippen LogP contribution in [0.3, 0.4) is 0 Å². The van der Waals surface area contributed by atoms with Crippen molar-refractivity contribution < 1.29 is 0 Å². The Morgan fingerprint density at radius 3 is 0.939 bits per heavy atom. The predicted molar refractivity (Wildman–Crippen MR) is 147 cm³/mol. The third kappa shape index (κ3) is 4.10. The number of rotatable bonds is 6. The molecule has 2 aliphatic carbocycles. The lowest BCUT2D eigenvalue weighted by atomic mass is 9.99. The fourth-order valence-electron chi connectivity index (χ4n) is 6.30. The highest BCUT2D eigenvalue weighted by Gasteiger charge is 2.54. The molecule has 0 radical (unpaired) electrons. The highest BCUT2D eigenvalue weighted by atomic mass is 31.1. The summed E-state index contributed by atoms with van der Waals surface area (Å²) >= 11 is 0. The quantitative estimate of drug-likeness (QED) is 0.289. The standard InChI is InChI=1S/C31H30P2/c1-5-13-26(14-6-1)32(27-15-7-2-8-16-27)30-24-21-22-25(23-24)31(30)33(28-17-9-3-10-18-28)29-19-11-4-12-20-29/h1-20,24-25,30-31H,21-23H2/t24-,25+,30-,31-/m0/s1. The number of hydrogen-bond acceptors (Lipinski definition) is 0. The summed E-state index contributed by atoms with van der Waals surface area (Å²) in [6.45, 7) is 0. The van der Waals surface area contributed by atoms with Gasteiger partial charge >= 0.3 is 0 Å². The maximum atomic E-state index is 2.40. The van der Waals surface area contributed by atoms with Crippen molar-refractivity contribution in [3.05, 3.63) is 121 Å². The molecule has 0 amide bonds. The van der Waals surface area contributed by atoms with E-state index >= 15 is 0 Å². The van der Waals surface area contributed by atoms with Gasteiger partial charge in [0.2, 0.25) is 0 Å². The Bertz CT molecular complexity index is 987. The van der Waals surface area contributed by atoms with E-state index in [1.54, 1.807) is 21.2 Å². The minimum Gasteiger partial charge on any atom is -0.0622 e. The fourth-order valence-corrected chi connectivity index (χ4v) is 13.5. The molecule has 4 aromatic carbocycles. The number of fused-ring (bicyclic) bond motifs is 2. The van der Waals surface area contributed by atoms with Gasteiger partial charge in [-0.1, -0.05) is 121 Å². The van der Waals surface area contributed by atoms with E-state index in [-0.39, 0.29) is 0 Å². The van der Waals surface area contributed by atoms with Gasteiger partial charge in [-0.25, -0.2) is 0 Å². The topological polar surface area (TPSA) is 0 Å². The molecule has 0 aliphatic heterocycles. The zero-order valence-corrected chi connectivity index (χ0v) is 20.7. The SMILES string of the molecule is c1ccc(P(c2ccccc2)[C@H]2[C@@H]3CC[C@@H](C3)[C@@H]2P(c2ccccc2)c2ccccc2)cc1. The lowest BCUT2D eigenvalue weighted by Crippen LogP contribution is -2.39. The van der Waals surface area contributed by atoms with Crippen molar-refractivity contribution in [1.82, 2.24) is 0 Å². The molecule has 2 heteroatoms. The van der Waals surface area contributed by atoms with E-state index in [2.05, 4.69) is 121 Å². The molecule has 4 atom stereocenters. The van der Waals surface area contributed by atoms with Gasteiger partial charge in [0.1, 0.15) is 0 Å². The summed E-state index contributed by atoms with van der Waals surface area (Å²) in [7, 11) is -0.806. The van der Waals surface area contributed by atoms with Crippen LogP contribution < -0.4 is 21.2 Å². The predicted octanol–water partition coefficient (Wildman–Crippen LogP) is 6.42. The molecule has 33 heavy (non-hydrogen) atoms. The van der Waals surface area contributed by atoms with Gasteiger partial charge in [0, 0.05) is 0 Å². The van der Waals surface area contributed by atoms with Gasteiger partial charge in [0.05, 0.1) is 0 Å². The lowest BCUT2D eigenvalue weighted by Gasteiger charge is -2.42. The average Bonchev–Trinajstić information content (AvgIpc) is 3.50. The van der Waals surface area contributed by atoms with Gasteiger partial charge in [-0.2, -0.15) is 0 Å². The Morgan fingerprint density at radius 1 is 0.394 bits per heavy atom. The minimum absolute atomic E-state index is 0.403. The molecule has 2 bridgehead atoms. The van der Waals surface area contributed by atoms with Crippen LogP contribution in [0.1, 0.15) is 19.3 Å². The van der Waals surface area contributed by atoms with Crippen molar-refractivity contribution in [2.75, 3.05) is 0 Å². The lowest BCUT2D eigenvalue weighted by molar-refractivity contribution is 0.498. The van der Waals surface area contributed by atoms with E-state index in [0.717, 1.165) is 23.2 Å². The van der Waals surface area contributed by atoms with Crippen LogP contribution in [0.5, 0.6) is 0 Å². The summed E-state index contributed by atoms with van der Waals surface area (Å²) in [5, 5.41) is 6.21. The second kappa shape index (κ2) is 9.54. The van der Waals surface area contributed by atoms with Crippen molar-refractivity contribution in [3.63, 3.8) is 0 Å². The summed E-state index contributed by atoms with van der Waals surface area (Å²) in [4.78, 5) is 0. The Kier molecular flexibility index (Phi) is 6.15. The fraction of sp³-hybridized carbons (Fsp3) is 0.226. The molecule has 0 aromatic heterocycles. The zero-order chi connectivity index (χ0) is 22.0. The molecule has 2 saturated carbocycles. The molecule has 0 nitrogen and oxygen atoms in total. The summed E-state index contributed by atoms with van der Waals surface area (Å²) in [5.41, 5.74) is 1.49. The third-order valence-corrected chi connectivity index (χ3v) is 13.9. The van der Waals surface area contributed by atoms with E-state index in [4.69, 9.17) is 0 Å². The maximum absolute atomic E-state index is 2.40. The molecular weight excluding hydrogens is 434 g/mol. The van der Waals surface area contributed by atoms with E-state index < -0.39 is 15.8 Å². The molecule has 0 N–H and O–H groups in total. The molecule has 2 aliphatic rings. The third-order valence-electron chi connectivity index (χ3n) is 7.56. The van der Waals surface area contributed by atoms with Crippen LogP contribution in [0.15, 0.2) is 121 Å². The summed E-state index contributed by atoms with van der Waals surface area (Å²) in [5.74, 6) is 1.70. The van der Waals surface area contributed by atoms with Crippen LogP contribution in [0.25, 0.3) is 0 Å². The van der Waals surface area contributed by atoms with Gasteiger partial charge in [0.25, 0.3) is 0 Å². The molecule has 0 unspecified atom stereocenters. The maximum Gasteiger partial charge on any atom is -0.00240 e. The summed E-state index contributed by atoms with van der Waals surface area (Å²) in [6.07, 6.45) is 4.25. The molecule has 0 heterocycles. The summed E-state index contributed by atoms with van der Waals surface area (Å²) in [6, 6.07) is 45.8. The van der Waals surface area contributed by atoms with Gasteiger partial charge in [-0.05, 0) is 79.5 Å². The van der Waals surface area contributed by atoms with Gasteiger partial charge in [0.15, 0.2) is 0 Å². The van der Waals surface area contributed by atoms with E-state index in [1.165, 1.54) is 19.3 Å². The molecule has 4 aromatic rings. The van der Waals surface area contributed by atoms with Crippen LogP contribution in [0.4, 0.5) is 0 Å². The second-order valence-electron chi connectivity index (χ2n) is 9.40. The van der Waals surface area contributed by atoms with Crippen LogP contribution in [0.2, 0.25) is 0 Å². The first-order valence-corrected chi connectivity index (χ1v) is 15.0. The van der Waals surface area contributed by atoms with E-state index in [9.17, 15) is 0 Å². The molecule has 0 saturated heterocycles. The van der Waals surface area contributed by atoms with Crippen LogP contribution in [-0.4, -0.2) is 11.3 Å². The molecule has 0 spiro atoms. The molecule has 2 fully saturated rings. The first kappa shape index (κ1) is 21.3. The smallest absolute Gasteiger partial charge is 0.00240 e. The molecule has 6 rings (SSSR count). The van der Waals surface area contributed by atoms with Crippen molar-refractivity contribution in [2.24, 2.45) is 11.8 Å². The first-order chi connectivity index (χ1) is 16.4. The molecule has 164 valence electrons. The monoisotopic (exact) mass is 464 g/mol. The largest absolute Gasteiger partial charge is 0.0622 e. The van der Waals surface area contributed by atoms with Crippen molar-refractivity contribution >= 4 is 37.1 Å². The van der Waals surface area contributed by atoms with Gasteiger partial charge < -0.3 is 0 Å². The zero-order valence-electron chi connectivity index (χ0n) is 18.9. The van der Waals surface area contributed by atoms with Crippen molar-refractivity contribution in [1.29, 1.82) is 0 Å². The summed E-state index contributed by atoms with van der Waals surface area (Å²) < 4.78 is 0. The Hall–Kier alpha value is -2.26. The van der Waals surface area contributed by atoms with Crippen molar-refractivity contribution in [3.8, 4) is 0 Å². The number of benzene rings is 4. The highest BCUT2D eigenvalue weighted by molar-refractivity contribution is 7.77. The van der Waals surface area contributed by atoms with Crippen molar-refractivity contribution in [2.45, 2.75) is 30.6 Å². The molecular formula is C31H30P2. The van der Waals surface area contributed by atoms with Crippen LogP contribution in [-0.2, 0) is 0 Å². The van der Waals surface area contributed by atoms with Gasteiger partial charge in [-0.15, -0.1) is 0 Å². The minimum atomic E-state index is -0.403. The van der Waals surface area contributed by atoms with Crippen LogP contribution >= 0.6 is 15.8 Å². The second-order valence-corrected chi connectivity index (χ2v) is 14.1. The average molecular weight is 465 g/mol. The Balaban J connectivity index is 1.51.